The Balaban J connectivity index is 1.28. The van der Waals surface area contributed by atoms with Crippen molar-refractivity contribution in [1.82, 2.24) is 15.2 Å². The maximum atomic E-state index is 12.6. The van der Waals surface area contributed by atoms with Gasteiger partial charge < -0.3 is 19.7 Å². The summed E-state index contributed by atoms with van der Waals surface area (Å²) in [5.41, 5.74) is 3.69. The Morgan fingerprint density at radius 1 is 1.38 bits per heavy atom. The molecule has 1 saturated heterocycles. The molecule has 0 atom stereocenters. The summed E-state index contributed by atoms with van der Waals surface area (Å²) >= 11 is 0. The van der Waals surface area contributed by atoms with Gasteiger partial charge in [-0.05, 0) is 43.4 Å². The average Bonchev–Trinajstić information content (AvgIpc) is 3.20. The summed E-state index contributed by atoms with van der Waals surface area (Å²) in [4.78, 5) is 30.5. The number of piperidine rings is 1. The highest BCUT2D eigenvalue weighted by atomic mass is 19.3. The molecule has 1 aromatic heterocycles. The summed E-state index contributed by atoms with van der Waals surface area (Å²) in [6.07, 6.45) is 3.40. The third-order valence-corrected chi connectivity index (χ3v) is 6.33. The van der Waals surface area contributed by atoms with Crippen molar-refractivity contribution in [3.05, 3.63) is 57.9 Å². The Bertz CT molecular complexity index is 1140. The first-order valence-electron chi connectivity index (χ1n) is 11.0. The van der Waals surface area contributed by atoms with E-state index in [2.05, 4.69) is 19.9 Å². The number of aromatic nitrogens is 1. The van der Waals surface area contributed by atoms with Crippen molar-refractivity contribution in [2.75, 3.05) is 19.6 Å². The predicted octanol–water partition coefficient (Wildman–Crippen LogP) is 2.97. The summed E-state index contributed by atoms with van der Waals surface area (Å²) in [7, 11) is 0. The fourth-order valence-electron chi connectivity index (χ4n) is 4.35. The molecule has 2 aromatic rings. The topological polar surface area (TPSA) is 105 Å². The Hall–Kier alpha value is -3.58. The number of alkyl halides is 2. The molecular formula is C24H24F2N4O4. The summed E-state index contributed by atoms with van der Waals surface area (Å²) in [5.74, 6) is -1.12. The largest absolute Gasteiger partial charge is 0.457 e. The van der Waals surface area contributed by atoms with Crippen molar-refractivity contribution in [3.63, 3.8) is 0 Å². The Kier molecular flexibility index (Phi) is 7.03. The van der Waals surface area contributed by atoms with Crippen molar-refractivity contribution < 1.29 is 27.8 Å². The van der Waals surface area contributed by atoms with E-state index in [0.29, 0.717) is 12.2 Å². The number of cyclic esters (lactones) is 1. The van der Waals surface area contributed by atoms with E-state index < -0.39 is 12.5 Å². The summed E-state index contributed by atoms with van der Waals surface area (Å²) in [6.45, 7) is 1.72. The third kappa shape index (κ3) is 5.15. The second kappa shape index (κ2) is 10.1. The van der Waals surface area contributed by atoms with E-state index in [9.17, 15) is 18.4 Å². The monoisotopic (exact) mass is 470 g/mol. The second-order valence-corrected chi connectivity index (χ2v) is 8.35. The number of rotatable bonds is 7. The summed E-state index contributed by atoms with van der Waals surface area (Å²) < 4.78 is 34.6. The van der Waals surface area contributed by atoms with E-state index in [1.165, 1.54) is 5.56 Å². The zero-order valence-electron chi connectivity index (χ0n) is 18.6. The van der Waals surface area contributed by atoms with E-state index in [-0.39, 0.29) is 29.0 Å². The number of hydrogen-bond acceptors (Lipinski definition) is 7. The number of amides is 1. The molecule has 0 radical (unpaired) electrons. The van der Waals surface area contributed by atoms with Crippen LogP contribution in [0.15, 0.2) is 24.4 Å². The minimum absolute atomic E-state index is 0.0643. The van der Waals surface area contributed by atoms with Crippen LogP contribution in [0.5, 0.6) is 5.75 Å². The average molecular weight is 470 g/mol. The highest BCUT2D eigenvalue weighted by Crippen LogP contribution is 2.26. The number of hydrogen-bond donors (Lipinski definition) is 1. The van der Waals surface area contributed by atoms with Crippen LogP contribution >= 0.6 is 0 Å². The van der Waals surface area contributed by atoms with Gasteiger partial charge in [0.05, 0.1) is 5.56 Å². The van der Waals surface area contributed by atoms with Gasteiger partial charge in [0.2, 0.25) is 0 Å². The second-order valence-electron chi connectivity index (χ2n) is 8.35. The predicted molar refractivity (Wildman–Crippen MR) is 117 cm³/mol. The zero-order chi connectivity index (χ0) is 24.2. The van der Waals surface area contributed by atoms with Gasteiger partial charge in [-0.15, -0.1) is 0 Å². The molecule has 4 rings (SSSR count). The van der Waals surface area contributed by atoms with Crippen LogP contribution < -0.4 is 10.1 Å². The minimum atomic E-state index is -3.11. The number of nitrogens with one attached hydrogen (secondary N) is 1. The molecule has 2 aliphatic heterocycles. The van der Waals surface area contributed by atoms with Crippen molar-refractivity contribution in [3.8, 4) is 11.8 Å². The molecule has 3 heterocycles. The Morgan fingerprint density at radius 2 is 2.15 bits per heavy atom. The number of nitriles is 1. The number of nitrogens with zero attached hydrogens (tertiary/aromatic N) is 3. The van der Waals surface area contributed by atoms with Crippen LogP contribution in [-0.4, -0.2) is 54.0 Å². The molecule has 178 valence electrons. The molecule has 0 saturated carbocycles. The lowest BCUT2D eigenvalue weighted by atomic mass is 9.96. The van der Waals surface area contributed by atoms with E-state index in [0.717, 1.165) is 62.3 Å². The summed E-state index contributed by atoms with van der Waals surface area (Å²) in [6, 6.07) is 6.54. The standard InChI is InChI=1S/C24H24F2N4O4/c1-14-15(2-3-18-19(14)13-33-23(18)32)4-7-30-8-5-17(6-9-30)29-22(31)20-10-21(34-24(25)26)16(11-27)12-28-20/h2-3,10,12,17,24H,4-9,13H2,1H3,(H,29,31). The lowest BCUT2D eigenvalue weighted by molar-refractivity contribution is -0.0501. The first-order valence-corrected chi connectivity index (χ1v) is 11.0. The van der Waals surface area contributed by atoms with Gasteiger partial charge in [0.25, 0.3) is 5.91 Å². The molecule has 1 fully saturated rings. The quantitative estimate of drug-likeness (QED) is 0.621. The van der Waals surface area contributed by atoms with E-state index in [4.69, 9.17) is 10.00 Å². The van der Waals surface area contributed by atoms with E-state index in [1.54, 1.807) is 6.07 Å². The number of fused-ring (bicyclic) bond motifs is 1. The van der Waals surface area contributed by atoms with Crippen molar-refractivity contribution in [1.29, 1.82) is 5.26 Å². The molecule has 34 heavy (non-hydrogen) atoms. The fraction of sp³-hybridized carbons (Fsp3) is 0.417. The van der Waals surface area contributed by atoms with Crippen LogP contribution in [0.25, 0.3) is 0 Å². The highest BCUT2D eigenvalue weighted by molar-refractivity contribution is 5.94. The number of likely N-dealkylation sites (tertiary alicyclic amines) is 1. The van der Waals surface area contributed by atoms with Crippen LogP contribution in [0.3, 0.4) is 0 Å². The molecule has 1 amide bonds. The number of pyridine rings is 1. The van der Waals surface area contributed by atoms with Gasteiger partial charge in [-0.1, -0.05) is 6.07 Å². The maximum absolute atomic E-state index is 12.6. The first-order chi connectivity index (χ1) is 16.4. The Labute approximate surface area is 195 Å². The third-order valence-electron chi connectivity index (χ3n) is 6.33. The number of halogens is 2. The van der Waals surface area contributed by atoms with E-state index >= 15 is 0 Å². The molecule has 0 bridgehead atoms. The van der Waals surface area contributed by atoms with Crippen molar-refractivity contribution >= 4 is 11.9 Å². The first kappa shape index (κ1) is 23.6. The van der Waals surface area contributed by atoms with Gasteiger partial charge in [-0.3, -0.25) is 4.79 Å². The van der Waals surface area contributed by atoms with Crippen molar-refractivity contribution in [2.45, 2.75) is 45.4 Å². The van der Waals surface area contributed by atoms with Crippen LogP contribution in [0.2, 0.25) is 0 Å². The van der Waals surface area contributed by atoms with Crippen molar-refractivity contribution in [2.24, 2.45) is 0 Å². The molecule has 2 aliphatic rings. The SMILES string of the molecule is Cc1c(CCN2CCC(NC(=O)c3cc(OC(F)F)c(C#N)cn3)CC2)ccc2c1COC2=O. The molecular weight excluding hydrogens is 446 g/mol. The molecule has 8 nitrogen and oxygen atoms in total. The van der Waals surface area contributed by atoms with Gasteiger partial charge in [0.15, 0.2) is 0 Å². The van der Waals surface area contributed by atoms with Crippen LogP contribution in [-0.2, 0) is 17.8 Å². The number of benzene rings is 1. The molecule has 1 N–H and O–H groups in total. The van der Waals surface area contributed by atoms with Crippen LogP contribution in [0.1, 0.15) is 55.9 Å². The molecule has 1 aromatic carbocycles. The molecule has 0 aliphatic carbocycles. The highest BCUT2D eigenvalue weighted by Gasteiger charge is 2.25. The van der Waals surface area contributed by atoms with Crippen LogP contribution in [0, 0.1) is 18.3 Å². The zero-order valence-corrected chi connectivity index (χ0v) is 18.6. The van der Waals surface area contributed by atoms with Gasteiger partial charge in [-0.2, -0.15) is 14.0 Å². The lowest BCUT2D eigenvalue weighted by Gasteiger charge is -2.32. The van der Waals surface area contributed by atoms with Gasteiger partial charge in [-0.25, -0.2) is 9.78 Å². The normalized spacial score (nSPS) is 16.1. The number of ether oxygens (including phenoxy) is 2. The molecule has 0 spiro atoms. The minimum Gasteiger partial charge on any atom is -0.457 e. The Morgan fingerprint density at radius 3 is 2.85 bits per heavy atom. The number of carbonyl (C=O) groups is 2. The van der Waals surface area contributed by atoms with Crippen LogP contribution in [0.4, 0.5) is 8.78 Å². The molecule has 0 unspecified atom stereocenters. The van der Waals surface area contributed by atoms with Gasteiger partial charge >= 0.3 is 12.6 Å². The van der Waals surface area contributed by atoms with Gasteiger partial charge in [0, 0.05) is 43.5 Å². The van der Waals surface area contributed by atoms with E-state index in [1.807, 2.05) is 19.1 Å². The number of carbonyl (C=O) groups excluding carboxylic acids is 2. The summed E-state index contributed by atoms with van der Waals surface area (Å²) in [5, 5.41) is 11.9. The maximum Gasteiger partial charge on any atom is 0.387 e. The fourth-order valence-corrected chi connectivity index (χ4v) is 4.35. The van der Waals surface area contributed by atoms with Gasteiger partial charge in [0.1, 0.15) is 29.7 Å². The molecule has 10 heteroatoms. The smallest absolute Gasteiger partial charge is 0.387 e. The number of esters is 1. The lowest BCUT2D eigenvalue weighted by Crippen LogP contribution is -2.45.